The number of ether oxygens (including phenoxy) is 1. The molecule has 2 heterocycles. The second-order valence-corrected chi connectivity index (χ2v) is 11.7. The number of nitrogens with one attached hydrogen (secondary N) is 3. The van der Waals surface area contributed by atoms with Crippen LogP contribution in [0.1, 0.15) is 29.2 Å². The maximum atomic E-state index is 12.7. The van der Waals surface area contributed by atoms with Gasteiger partial charge in [0.1, 0.15) is 11.9 Å². The van der Waals surface area contributed by atoms with E-state index in [9.17, 15) is 18.3 Å². The van der Waals surface area contributed by atoms with Crippen LogP contribution in [0.4, 0.5) is 10.5 Å². The highest BCUT2D eigenvalue weighted by Gasteiger charge is 2.21. The third-order valence-electron chi connectivity index (χ3n) is 6.90. The average molecular weight is 573 g/mol. The first-order valence-electron chi connectivity index (χ1n) is 13.4. The lowest BCUT2D eigenvalue weighted by molar-refractivity contribution is 0.146. The van der Waals surface area contributed by atoms with Gasteiger partial charge >= 0.3 is 6.03 Å². The van der Waals surface area contributed by atoms with E-state index in [2.05, 4.69) is 26.4 Å². The van der Waals surface area contributed by atoms with Crippen LogP contribution in [0.5, 0.6) is 5.75 Å². The Bertz CT molecular complexity index is 1590. The summed E-state index contributed by atoms with van der Waals surface area (Å²) in [7, 11) is -4.04. The van der Waals surface area contributed by atoms with Gasteiger partial charge in [-0.3, -0.25) is 4.98 Å². The molecule has 1 aliphatic rings. The predicted octanol–water partition coefficient (Wildman–Crippen LogP) is 4.58. The largest absolute Gasteiger partial charge is 0.489 e. The van der Waals surface area contributed by atoms with Gasteiger partial charge in [-0.1, -0.05) is 42.0 Å². The maximum absolute atomic E-state index is 12.7. The standard InChI is InChI=1S/C31H32N4O5S/c1-21-4-10-26(11-5-21)34-31(37)35-41(38,39)28-13-7-22(8-14-28)23-9-15-30-24(17-23)6-12-27(40-30)19-33-20-29(36)25-3-2-16-32-18-25/h2-5,7-11,13-18,27,29,33,36H,6,12,19-20H2,1H3,(H2,34,35,37). The summed E-state index contributed by atoms with van der Waals surface area (Å²) in [6.07, 6.45) is 4.38. The van der Waals surface area contributed by atoms with Gasteiger partial charge in [0.2, 0.25) is 0 Å². The first-order valence-corrected chi connectivity index (χ1v) is 14.8. The average Bonchev–Trinajstić information content (AvgIpc) is 2.98. The van der Waals surface area contributed by atoms with Crippen LogP contribution < -0.4 is 20.1 Å². The van der Waals surface area contributed by atoms with E-state index in [0.29, 0.717) is 18.8 Å². The number of pyridine rings is 1. The summed E-state index contributed by atoms with van der Waals surface area (Å²) in [4.78, 5) is 16.3. The Morgan fingerprint density at radius 1 is 1.05 bits per heavy atom. The molecule has 2 unspecified atom stereocenters. The van der Waals surface area contributed by atoms with Crippen molar-refractivity contribution in [3.05, 3.63) is 108 Å². The predicted molar refractivity (Wildman–Crippen MR) is 157 cm³/mol. The fraction of sp³-hybridized carbons (Fsp3) is 0.226. The summed E-state index contributed by atoms with van der Waals surface area (Å²) in [5.74, 6) is 0.822. The minimum absolute atomic E-state index is 0.00496. The molecule has 212 valence electrons. The summed E-state index contributed by atoms with van der Waals surface area (Å²) in [5.41, 5.74) is 5.17. The lowest BCUT2D eigenvalue weighted by Gasteiger charge is -2.27. The fourth-order valence-electron chi connectivity index (χ4n) is 4.64. The summed E-state index contributed by atoms with van der Waals surface area (Å²) in [6, 6.07) is 22.2. The highest BCUT2D eigenvalue weighted by atomic mass is 32.2. The molecule has 0 radical (unpaired) electrons. The van der Waals surface area contributed by atoms with E-state index in [1.807, 2.05) is 37.3 Å². The number of aliphatic hydroxyl groups excluding tert-OH is 1. The van der Waals surface area contributed by atoms with Crippen molar-refractivity contribution in [1.29, 1.82) is 0 Å². The smallest absolute Gasteiger partial charge is 0.333 e. The molecule has 0 spiro atoms. The van der Waals surface area contributed by atoms with Gasteiger partial charge in [-0.25, -0.2) is 17.9 Å². The normalized spacial score (nSPS) is 15.3. The number of urea groups is 1. The van der Waals surface area contributed by atoms with E-state index in [1.165, 1.54) is 12.1 Å². The number of aromatic nitrogens is 1. The first-order chi connectivity index (χ1) is 19.8. The van der Waals surface area contributed by atoms with E-state index in [0.717, 1.165) is 46.4 Å². The van der Waals surface area contributed by atoms with E-state index in [4.69, 9.17) is 4.74 Å². The van der Waals surface area contributed by atoms with E-state index < -0.39 is 22.2 Å². The molecule has 9 nitrogen and oxygen atoms in total. The molecular formula is C31H32N4O5S. The molecule has 1 aromatic heterocycles. The second-order valence-electron chi connectivity index (χ2n) is 10.0. The molecule has 0 saturated carbocycles. The Morgan fingerprint density at radius 3 is 2.54 bits per heavy atom. The summed E-state index contributed by atoms with van der Waals surface area (Å²) >= 11 is 0. The summed E-state index contributed by atoms with van der Waals surface area (Å²) < 4.78 is 33.7. The van der Waals surface area contributed by atoms with Gasteiger partial charge in [0.15, 0.2) is 0 Å². The van der Waals surface area contributed by atoms with Crippen molar-refractivity contribution in [2.75, 3.05) is 18.4 Å². The highest BCUT2D eigenvalue weighted by molar-refractivity contribution is 7.90. The zero-order valence-corrected chi connectivity index (χ0v) is 23.4. The third kappa shape index (κ3) is 7.29. The van der Waals surface area contributed by atoms with Crippen LogP contribution in [-0.4, -0.2) is 43.7 Å². The Morgan fingerprint density at radius 2 is 1.80 bits per heavy atom. The van der Waals surface area contributed by atoms with Crippen molar-refractivity contribution in [2.24, 2.45) is 0 Å². The molecule has 0 bridgehead atoms. The highest BCUT2D eigenvalue weighted by Crippen LogP contribution is 2.32. The Kier molecular flexibility index (Phi) is 8.63. The number of nitrogens with zero attached hydrogens (tertiary/aromatic N) is 1. The quantitative estimate of drug-likeness (QED) is 0.231. The zero-order chi connectivity index (χ0) is 28.8. The van der Waals surface area contributed by atoms with Gasteiger partial charge < -0.3 is 20.5 Å². The number of aliphatic hydroxyl groups is 1. The van der Waals surface area contributed by atoms with Crippen LogP contribution in [0.15, 0.2) is 96.2 Å². The van der Waals surface area contributed by atoms with Crippen LogP contribution in [0.2, 0.25) is 0 Å². The topological polar surface area (TPSA) is 130 Å². The van der Waals surface area contributed by atoms with Gasteiger partial charge in [-0.15, -0.1) is 0 Å². The van der Waals surface area contributed by atoms with Crippen LogP contribution >= 0.6 is 0 Å². The lowest BCUT2D eigenvalue weighted by Crippen LogP contribution is -2.36. The number of rotatable bonds is 9. The van der Waals surface area contributed by atoms with E-state index in [1.54, 1.807) is 42.7 Å². The molecule has 0 saturated heterocycles. The number of sulfonamides is 1. The van der Waals surface area contributed by atoms with Crippen molar-refractivity contribution in [3.63, 3.8) is 0 Å². The molecule has 10 heteroatoms. The lowest BCUT2D eigenvalue weighted by atomic mass is 9.97. The number of hydrogen-bond donors (Lipinski definition) is 4. The number of hydrogen-bond acceptors (Lipinski definition) is 7. The van der Waals surface area contributed by atoms with Gasteiger partial charge in [0.25, 0.3) is 10.0 Å². The molecule has 41 heavy (non-hydrogen) atoms. The van der Waals surface area contributed by atoms with Crippen LogP contribution in [-0.2, 0) is 16.4 Å². The number of amides is 2. The molecule has 0 aliphatic carbocycles. The van der Waals surface area contributed by atoms with Crippen LogP contribution in [0.3, 0.4) is 0 Å². The molecule has 0 fully saturated rings. The zero-order valence-electron chi connectivity index (χ0n) is 22.6. The minimum atomic E-state index is -4.04. The third-order valence-corrected chi connectivity index (χ3v) is 8.25. The van der Waals surface area contributed by atoms with Gasteiger partial charge in [-0.05, 0) is 78.9 Å². The molecular weight excluding hydrogens is 540 g/mol. The molecule has 4 aromatic rings. The monoisotopic (exact) mass is 572 g/mol. The van der Waals surface area contributed by atoms with Crippen molar-refractivity contribution in [1.82, 2.24) is 15.0 Å². The van der Waals surface area contributed by atoms with Crippen molar-refractivity contribution < 1.29 is 23.1 Å². The number of benzene rings is 3. The Balaban J connectivity index is 1.16. The molecule has 2 atom stereocenters. The van der Waals surface area contributed by atoms with Crippen molar-refractivity contribution in [3.8, 4) is 16.9 Å². The SMILES string of the molecule is Cc1ccc(NC(=O)NS(=O)(=O)c2ccc(-c3ccc4c(c3)CCC(CNCC(O)c3cccnc3)O4)cc2)cc1. The van der Waals surface area contributed by atoms with E-state index >= 15 is 0 Å². The number of anilines is 1. The number of carbonyl (C=O) groups is 1. The second kappa shape index (κ2) is 12.5. The van der Waals surface area contributed by atoms with Gasteiger partial charge in [-0.2, -0.15) is 0 Å². The van der Waals surface area contributed by atoms with Crippen LogP contribution in [0.25, 0.3) is 11.1 Å². The minimum Gasteiger partial charge on any atom is -0.489 e. The summed E-state index contributed by atoms with van der Waals surface area (Å²) in [6.45, 7) is 2.95. The molecule has 5 rings (SSSR count). The molecule has 3 aromatic carbocycles. The number of fused-ring (bicyclic) bond motifs is 1. The maximum Gasteiger partial charge on any atom is 0.333 e. The summed E-state index contributed by atoms with van der Waals surface area (Å²) in [5, 5.41) is 16.1. The fourth-order valence-corrected chi connectivity index (χ4v) is 5.55. The van der Waals surface area contributed by atoms with Gasteiger partial charge in [0.05, 0.1) is 11.0 Å². The Hall–Kier alpha value is -4.25. The number of aryl methyl sites for hydroxylation is 2. The molecule has 1 aliphatic heterocycles. The van der Waals surface area contributed by atoms with Crippen LogP contribution in [0, 0.1) is 6.92 Å². The molecule has 4 N–H and O–H groups in total. The Labute approximate surface area is 239 Å². The van der Waals surface area contributed by atoms with Crippen molar-refractivity contribution >= 4 is 21.7 Å². The first kappa shape index (κ1) is 28.3. The molecule has 2 amide bonds. The number of carbonyl (C=O) groups excluding carboxylic acids is 1. The van der Waals surface area contributed by atoms with Crippen molar-refractivity contribution in [2.45, 2.75) is 36.9 Å². The van der Waals surface area contributed by atoms with Gasteiger partial charge in [0, 0.05) is 36.7 Å². The van der Waals surface area contributed by atoms with E-state index in [-0.39, 0.29) is 11.0 Å².